The average molecular weight is 403 g/mol. The summed E-state index contributed by atoms with van der Waals surface area (Å²) in [6.45, 7) is 1.54. The zero-order chi connectivity index (χ0) is 20.7. The summed E-state index contributed by atoms with van der Waals surface area (Å²) in [5.41, 5.74) is 3.65. The Hall–Kier alpha value is -2.72. The first-order valence-corrected chi connectivity index (χ1v) is 9.60. The Morgan fingerprint density at radius 2 is 2.10 bits per heavy atom. The molecule has 10 heteroatoms. The summed E-state index contributed by atoms with van der Waals surface area (Å²) in [6, 6.07) is 0.246. The van der Waals surface area contributed by atoms with E-state index < -0.39 is 24.6 Å². The van der Waals surface area contributed by atoms with E-state index in [-0.39, 0.29) is 6.04 Å². The Morgan fingerprint density at radius 3 is 2.79 bits per heavy atom. The molecule has 0 aromatic carbocycles. The van der Waals surface area contributed by atoms with Crippen molar-refractivity contribution in [1.29, 1.82) is 0 Å². The van der Waals surface area contributed by atoms with E-state index in [2.05, 4.69) is 20.1 Å². The Morgan fingerprint density at radius 1 is 1.34 bits per heavy atom. The second kappa shape index (κ2) is 7.60. The standard InChI is InChI=1S/C19H25N5O5/c1-10-16-17(21-11-5-6-11)12(8-20-18(16)23(2)22-10)13-7-14(29-24(13)3)19(26)28-9-15(25)27-4/h8,11,13-14H,5-7,9H2,1-4H3,(H,20,21). The Kier molecular flexibility index (Phi) is 5.13. The number of fused-ring (bicyclic) bond motifs is 1. The molecule has 2 aromatic heterocycles. The summed E-state index contributed by atoms with van der Waals surface area (Å²) < 4.78 is 11.3. The van der Waals surface area contributed by atoms with Crippen molar-refractivity contribution in [2.75, 3.05) is 26.1 Å². The highest BCUT2D eigenvalue weighted by atomic mass is 16.7. The minimum Gasteiger partial charge on any atom is -0.466 e. The van der Waals surface area contributed by atoms with Crippen molar-refractivity contribution in [3.63, 3.8) is 0 Å². The summed E-state index contributed by atoms with van der Waals surface area (Å²) in [5, 5.41) is 10.8. The number of aryl methyl sites for hydroxylation is 2. The van der Waals surface area contributed by atoms with Crippen LogP contribution in [0.2, 0.25) is 0 Å². The highest BCUT2D eigenvalue weighted by molar-refractivity contribution is 5.93. The van der Waals surface area contributed by atoms with Gasteiger partial charge in [0.1, 0.15) is 0 Å². The maximum absolute atomic E-state index is 12.3. The van der Waals surface area contributed by atoms with Crippen molar-refractivity contribution in [2.45, 2.75) is 44.4 Å². The molecule has 0 radical (unpaired) electrons. The molecule has 2 atom stereocenters. The van der Waals surface area contributed by atoms with Crippen molar-refractivity contribution in [2.24, 2.45) is 7.05 Å². The van der Waals surface area contributed by atoms with Gasteiger partial charge in [0.05, 0.1) is 29.9 Å². The van der Waals surface area contributed by atoms with Crippen LogP contribution in [0.4, 0.5) is 5.69 Å². The molecular formula is C19H25N5O5. The van der Waals surface area contributed by atoms with Crippen LogP contribution in [0.25, 0.3) is 11.0 Å². The van der Waals surface area contributed by atoms with Crippen LogP contribution in [0.3, 0.4) is 0 Å². The molecular weight excluding hydrogens is 378 g/mol. The molecule has 29 heavy (non-hydrogen) atoms. The Balaban J connectivity index is 1.61. The van der Waals surface area contributed by atoms with Gasteiger partial charge in [-0.1, -0.05) is 0 Å². The van der Waals surface area contributed by atoms with Crippen LogP contribution in [0.1, 0.15) is 36.6 Å². The van der Waals surface area contributed by atoms with E-state index in [0.29, 0.717) is 12.5 Å². The summed E-state index contributed by atoms with van der Waals surface area (Å²) >= 11 is 0. The lowest BCUT2D eigenvalue weighted by Crippen LogP contribution is -2.26. The number of hydroxylamine groups is 2. The zero-order valence-corrected chi connectivity index (χ0v) is 17.0. The van der Waals surface area contributed by atoms with Crippen molar-refractivity contribution in [1.82, 2.24) is 19.8 Å². The maximum Gasteiger partial charge on any atom is 0.344 e. The van der Waals surface area contributed by atoms with Gasteiger partial charge >= 0.3 is 11.9 Å². The third-order valence-electron chi connectivity index (χ3n) is 5.33. The number of aromatic nitrogens is 3. The number of hydrogen-bond donors (Lipinski definition) is 1. The minimum absolute atomic E-state index is 0.191. The number of hydrogen-bond acceptors (Lipinski definition) is 9. The molecule has 2 aromatic rings. The smallest absolute Gasteiger partial charge is 0.344 e. The molecule has 2 aliphatic rings. The van der Waals surface area contributed by atoms with Crippen molar-refractivity contribution in [3.8, 4) is 0 Å². The minimum atomic E-state index is -0.797. The van der Waals surface area contributed by atoms with Gasteiger partial charge in [0, 0.05) is 38.3 Å². The van der Waals surface area contributed by atoms with E-state index in [4.69, 9.17) is 9.57 Å². The summed E-state index contributed by atoms with van der Waals surface area (Å²) in [6.07, 6.45) is 3.67. The highest BCUT2D eigenvalue weighted by Crippen LogP contribution is 2.41. The van der Waals surface area contributed by atoms with Gasteiger partial charge in [-0.05, 0) is 19.8 Å². The monoisotopic (exact) mass is 403 g/mol. The largest absolute Gasteiger partial charge is 0.466 e. The Labute approximate surface area is 168 Å². The molecule has 4 rings (SSSR count). The average Bonchev–Trinajstić information content (AvgIpc) is 3.36. The van der Waals surface area contributed by atoms with Crippen LogP contribution in [-0.2, 0) is 30.9 Å². The van der Waals surface area contributed by atoms with E-state index in [1.807, 2.05) is 20.2 Å². The third-order valence-corrected chi connectivity index (χ3v) is 5.33. The number of methoxy groups -OCH3 is 1. The van der Waals surface area contributed by atoms with Gasteiger partial charge < -0.3 is 14.8 Å². The lowest BCUT2D eigenvalue weighted by molar-refractivity contribution is -0.184. The van der Waals surface area contributed by atoms with Crippen molar-refractivity contribution >= 4 is 28.7 Å². The molecule has 0 bridgehead atoms. The predicted octanol–water partition coefficient (Wildman–Crippen LogP) is 1.24. The molecule has 3 heterocycles. The van der Waals surface area contributed by atoms with Crippen LogP contribution in [0.15, 0.2) is 6.20 Å². The number of carbonyl (C=O) groups excluding carboxylic acids is 2. The molecule has 2 fully saturated rings. The van der Waals surface area contributed by atoms with E-state index in [9.17, 15) is 9.59 Å². The first-order chi connectivity index (χ1) is 13.9. The number of anilines is 1. The van der Waals surface area contributed by atoms with Crippen LogP contribution in [-0.4, -0.2) is 64.7 Å². The van der Waals surface area contributed by atoms with Gasteiger partial charge in [-0.15, -0.1) is 0 Å². The molecule has 1 N–H and O–H groups in total. The van der Waals surface area contributed by atoms with Crippen LogP contribution >= 0.6 is 0 Å². The number of nitrogens with one attached hydrogen (secondary N) is 1. The van der Waals surface area contributed by atoms with E-state index in [1.165, 1.54) is 7.11 Å². The molecule has 1 saturated carbocycles. The second-order valence-corrected chi connectivity index (χ2v) is 7.49. The number of pyridine rings is 1. The van der Waals surface area contributed by atoms with Gasteiger partial charge in [-0.3, -0.25) is 9.52 Å². The maximum atomic E-state index is 12.3. The van der Waals surface area contributed by atoms with Gasteiger partial charge in [0.25, 0.3) is 0 Å². The summed E-state index contributed by atoms with van der Waals surface area (Å²) in [4.78, 5) is 33.8. The van der Waals surface area contributed by atoms with Crippen LogP contribution in [0, 0.1) is 6.92 Å². The van der Waals surface area contributed by atoms with Crippen molar-refractivity contribution < 1.29 is 23.9 Å². The molecule has 156 valence electrons. The highest BCUT2D eigenvalue weighted by Gasteiger charge is 2.40. The summed E-state index contributed by atoms with van der Waals surface area (Å²) in [7, 11) is 4.89. The third kappa shape index (κ3) is 3.77. The number of esters is 2. The Bertz CT molecular complexity index is 954. The van der Waals surface area contributed by atoms with E-state index in [0.717, 1.165) is 40.8 Å². The lowest BCUT2D eigenvalue weighted by atomic mass is 9.99. The first kappa shape index (κ1) is 19.6. The SMILES string of the molecule is COC(=O)COC(=O)C1CC(c2cnc3c(c(C)nn3C)c2NC2CC2)N(C)O1. The number of rotatable bonds is 6. The van der Waals surface area contributed by atoms with E-state index >= 15 is 0 Å². The predicted molar refractivity (Wildman–Crippen MR) is 103 cm³/mol. The van der Waals surface area contributed by atoms with Gasteiger partial charge in [0.15, 0.2) is 18.4 Å². The fourth-order valence-corrected chi connectivity index (χ4v) is 3.68. The van der Waals surface area contributed by atoms with Crippen molar-refractivity contribution in [3.05, 3.63) is 17.5 Å². The lowest BCUT2D eigenvalue weighted by Gasteiger charge is -2.21. The molecule has 0 spiro atoms. The number of ether oxygens (including phenoxy) is 2. The molecule has 2 unspecified atom stereocenters. The summed E-state index contributed by atoms with van der Waals surface area (Å²) in [5.74, 6) is -1.20. The molecule has 1 aliphatic carbocycles. The number of nitrogens with zero attached hydrogens (tertiary/aromatic N) is 4. The van der Waals surface area contributed by atoms with Crippen LogP contribution < -0.4 is 5.32 Å². The molecule has 1 saturated heterocycles. The van der Waals surface area contributed by atoms with Gasteiger partial charge in [-0.25, -0.2) is 14.6 Å². The first-order valence-electron chi connectivity index (χ1n) is 9.60. The van der Waals surface area contributed by atoms with Gasteiger partial charge in [0.2, 0.25) is 0 Å². The normalized spacial score (nSPS) is 22.1. The number of carbonyl (C=O) groups is 2. The van der Waals surface area contributed by atoms with Crippen LogP contribution in [0.5, 0.6) is 0 Å². The fraction of sp³-hybridized carbons (Fsp3) is 0.579. The topological polar surface area (TPSA) is 108 Å². The zero-order valence-electron chi connectivity index (χ0n) is 17.0. The molecule has 10 nitrogen and oxygen atoms in total. The second-order valence-electron chi connectivity index (χ2n) is 7.49. The van der Waals surface area contributed by atoms with Gasteiger partial charge in [-0.2, -0.15) is 10.2 Å². The van der Waals surface area contributed by atoms with E-state index in [1.54, 1.807) is 16.8 Å². The molecule has 1 aliphatic heterocycles. The molecule has 0 amide bonds. The quantitative estimate of drug-likeness (QED) is 0.713. The fourth-order valence-electron chi connectivity index (χ4n) is 3.68.